The summed E-state index contributed by atoms with van der Waals surface area (Å²) in [6.45, 7) is 4.75. The molecule has 3 rings (SSSR count). The van der Waals surface area contributed by atoms with Crippen molar-refractivity contribution in [2.24, 2.45) is 0 Å². The van der Waals surface area contributed by atoms with Gasteiger partial charge >= 0.3 is 11.9 Å². The maximum atomic E-state index is 12.6. The first-order valence-corrected chi connectivity index (χ1v) is 12.3. The molecule has 1 aliphatic rings. The SMILES string of the molecule is COC(=O)C(c1ccccc1Cl)N1CCC(SSc2cc(C)oc2C)/C(=C\C(=O)O)C1. The van der Waals surface area contributed by atoms with Gasteiger partial charge < -0.3 is 14.3 Å². The molecular weight excluding hydrogens is 458 g/mol. The van der Waals surface area contributed by atoms with Gasteiger partial charge in [0.1, 0.15) is 17.6 Å². The normalized spacial score (nSPS) is 19.4. The second kappa shape index (κ2) is 10.6. The molecule has 2 heterocycles. The van der Waals surface area contributed by atoms with Crippen molar-refractivity contribution in [3.63, 3.8) is 0 Å². The third-order valence-corrected chi connectivity index (χ3v) is 8.35. The lowest BCUT2D eigenvalue weighted by atomic mass is 9.98. The predicted octanol–water partition coefficient (Wildman–Crippen LogP) is 5.29. The number of carbonyl (C=O) groups excluding carboxylic acids is 1. The number of hydrogen-bond acceptors (Lipinski definition) is 7. The standard InChI is InChI=1S/C22H24ClNO5S2/c1-13-10-19(14(2)29-13)31-30-18-8-9-24(12-15(18)11-20(25)26)21(22(27)28-3)16-6-4-5-7-17(16)23/h4-7,10-11,18,21H,8-9,12H2,1-3H3,(H,25,26)/b15-11-. The first-order valence-electron chi connectivity index (χ1n) is 9.70. The second-order valence-corrected chi connectivity index (χ2v) is 10.1. The summed E-state index contributed by atoms with van der Waals surface area (Å²) in [5.74, 6) is 0.265. The molecule has 1 aromatic heterocycles. The van der Waals surface area contributed by atoms with Crippen LogP contribution in [0.5, 0.6) is 0 Å². The minimum absolute atomic E-state index is 0.00324. The molecule has 166 valence electrons. The number of carbonyl (C=O) groups is 2. The van der Waals surface area contributed by atoms with Gasteiger partial charge in [0.15, 0.2) is 0 Å². The number of methoxy groups -OCH3 is 1. The van der Waals surface area contributed by atoms with E-state index in [1.165, 1.54) is 13.2 Å². The van der Waals surface area contributed by atoms with E-state index < -0.39 is 18.0 Å². The summed E-state index contributed by atoms with van der Waals surface area (Å²) in [7, 11) is 4.54. The van der Waals surface area contributed by atoms with E-state index in [9.17, 15) is 14.7 Å². The number of piperidine rings is 1. The Labute approximate surface area is 194 Å². The Morgan fingerprint density at radius 3 is 2.71 bits per heavy atom. The zero-order valence-corrected chi connectivity index (χ0v) is 19.9. The number of furan rings is 1. The number of halogens is 1. The highest BCUT2D eigenvalue weighted by Gasteiger charge is 2.35. The van der Waals surface area contributed by atoms with Crippen LogP contribution in [-0.2, 0) is 14.3 Å². The van der Waals surface area contributed by atoms with Gasteiger partial charge in [0.05, 0.1) is 12.0 Å². The Bertz CT molecular complexity index is 990. The van der Waals surface area contributed by atoms with E-state index in [1.807, 2.05) is 30.9 Å². The van der Waals surface area contributed by atoms with Crippen molar-refractivity contribution in [1.82, 2.24) is 4.90 Å². The van der Waals surface area contributed by atoms with E-state index in [0.29, 0.717) is 30.1 Å². The van der Waals surface area contributed by atoms with Gasteiger partial charge in [-0.25, -0.2) is 9.59 Å². The second-order valence-electron chi connectivity index (χ2n) is 7.21. The molecule has 0 bridgehead atoms. The van der Waals surface area contributed by atoms with Crippen molar-refractivity contribution in [3.05, 3.63) is 64.1 Å². The molecule has 0 spiro atoms. The van der Waals surface area contributed by atoms with E-state index in [0.717, 1.165) is 22.0 Å². The molecule has 1 saturated heterocycles. The van der Waals surface area contributed by atoms with Crippen molar-refractivity contribution in [2.45, 2.75) is 36.5 Å². The van der Waals surface area contributed by atoms with Gasteiger partial charge in [0.2, 0.25) is 0 Å². The number of hydrogen-bond donors (Lipinski definition) is 1. The summed E-state index contributed by atoms with van der Waals surface area (Å²) >= 11 is 6.36. The van der Waals surface area contributed by atoms with E-state index >= 15 is 0 Å². The van der Waals surface area contributed by atoms with Gasteiger partial charge in [0.25, 0.3) is 0 Å². The maximum absolute atomic E-state index is 12.6. The number of esters is 1. The maximum Gasteiger partial charge on any atom is 0.328 e. The minimum atomic E-state index is -1.00. The van der Waals surface area contributed by atoms with Crippen LogP contribution in [0.25, 0.3) is 0 Å². The quantitative estimate of drug-likeness (QED) is 0.324. The lowest BCUT2D eigenvalue weighted by Gasteiger charge is -2.37. The summed E-state index contributed by atoms with van der Waals surface area (Å²) in [5.41, 5.74) is 1.39. The molecule has 1 aromatic carbocycles. The van der Waals surface area contributed by atoms with Crippen molar-refractivity contribution in [2.75, 3.05) is 20.2 Å². The topological polar surface area (TPSA) is 80.0 Å². The highest BCUT2D eigenvalue weighted by Crippen LogP contribution is 2.43. The number of nitrogens with zero attached hydrogens (tertiary/aromatic N) is 1. The first kappa shape index (κ1) is 23.8. The number of likely N-dealkylation sites (tertiary alicyclic amines) is 1. The summed E-state index contributed by atoms with van der Waals surface area (Å²) in [4.78, 5) is 27.1. The van der Waals surface area contributed by atoms with Gasteiger partial charge in [-0.15, -0.1) is 0 Å². The number of carboxylic acid groups (broad SMARTS) is 1. The summed E-state index contributed by atoms with van der Waals surface area (Å²) in [6, 6.07) is 8.43. The Morgan fingerprint density at radius 1 is 1.35 bits per heavy atom. The molecule has 9 heteroatoms. The van der Waals surface area contributed by atoms with Gasteiger partial charge in [0, 0.05) is 29.4 Å². The molecule has 0 amide bonds. The molecule has 0 saturated carbocycles. The Hall–Kier alpha value is -1.87. The smallest absolute Gasteiger partial charge is 0.328 e. The largest absolute Gasteiger partial charge is 0.478 e. The van der Waals surface area contributed by atoms with Crippen LogP contribution in [0.4, 0.5) is 0 Å². The third-order valence-electron chi connectivity index (χ3n) is 5.03. The lowest BCUT2D eigenvalue weighted by Crippen LogP contribution is -2.42. The van der Waals surface area contributed by atoms with Gasteiger partial charge in [-0.2, -0.15) is 0 Å². The molecule has 2 aromatic rings. The molecule has 6 nitrogen and oxygen atoms in total. The third kappa shape index (κ3) is 5.88. The molecule has 31 heavy (non-hydrogen) atoms. The number of aryl methyl sites for hydroxylation is 2. The van der Waals surface area contributed by atoms with Crippen LogP contribution in [0.1, 0.15) is 29.5 Å². The Morgan fingerprint density at radius 2 is 2.10 bits per heavy atom. The minimum Gasteiger partial charge on any atom is -0.478 e. The summed E-state index contributed by atoms with van der Waals surface area (Å²) in [6.07, 6.45) is 1.93. The molecule has 0 radical (unpaired) electrons. The van der Waals surface area contributed by atoms with Gasteiger partial charge in [-0.3, -0.25) is 4.90 Å². The number of rotatable bonds is 7. The number of aliphatic carboxylic acids is 1. The fourth-order valence-electron chi connectivity index (χ4n) is 3.59. The van der Waals surface area contributed by atoms with Crippen LogP contribution < -0.4 is 0 Å². The van der Waals surface area contributed by atoms with Crippen LogP contribution in [0.3, 0.4) is 0 Å². The fraction of sp³-hybridized carbons (Fsp3) is 0.364. The lowest BCUT2D eigenvalue weighted by molar-refractivity contribution is -0.147. The van der Waals surface area contributed by atoms with Gasteiger partial charge in [-0.05, 0) is 43.5 Å². The van der Waals surface area contributed by atoms with Crippen molar-refractivity contribution in [1.29, 1.82) is 0 Å². The average molecular weight is 482 g/mol. The average Bonchev–Trinajstić information content (AvgIpc) is 3.05. The molecule has 0 aliphatic carbocycles. The summed E-state index contributed by atoms with van der Waals surface area (Å²) in [5, 5.41) is 9.89. The van der Waals surface area contributed by atoms with Crippen LogP contribution >= 0.6 is 33.2 Å². The molecule has 2 atom stereocenters. The molecule has 2 unspecified atom stereocenters. The highest BCUT2D eigenvalue weighted by molar-refractivity contribution is 8.77. The predicted molar refractivity (Wildman–Crippen MR) is 124 cm³/mol. The number of carboxylic acids is 1. The highest BCUT2D eigenvalue weighted by atomic mass is 35.5. The number of ether oxygens (including phenoxy) is 1. The first-order chi connectivity index (χ1) is 14.8. The van der Waals surface area contributed by atoms with Crippen molar-refractivity contribution in [3.8, 4) is 0 Å². The number of benzene rings is 1. The van der Waals surface area contributed by atoms with Crippen LogP contribution in [0, 0.1) is 13.8 Å². The Balaban J connectivity index is 1.82. The molecular formula is C22H24ClNO5S2. The zero-order valence-electron chi connectivity index (χ0n) is 17.5. The zero-order chi connectivity index (χ0) is 22.5. The Kier molecular flexibility index (Phi) is 8.16. The van der Waals surface area contributed by atoms with Gasteiger partial charge in [-0.1, -0.05) is 51.4 Å². The molecule has 1 N–H and O–H groups in total. The molecule has 1 aliphatic heterocycles. The van der Waals surface area contributed by atoms with Crippen LogP contribution in [0.15, 0.2) is 51.3 Å². The van der Waals surface area contributed by atoms with E-state index in [4.69, 9.17) is 20.8 Å². The van der Waals surface area contributed by atoms with E-state index in [2.05, 4.69) is 0 Å². The fourth-order valence-corrected chi connectivity index (χ4v) is 6.71. The van der Waals surface area contributed by atoms with Crippen LogP contribution in [0.2, 0.25) is 5.02 Å². The van der Waals surface area contributed by atoms with Crippen molar-refractivity contribution < 1.29 is 23.8 Å². The summed E-state index contributed by atoms with van der Waals surface area (Å²) < 4.78 is 10.6. The molecule has 1 fully saturated rings. The van der Waals surface area contributed by atoms with E-state index in [-0.39, 0.29) is 5.25 Å². The van der Waals surface area contributed by atoms with Crippen LogP contribution in [-0.4, -0.2) is 47.4 Å². The monoisotopic (exact) mass is 481 g/mol. The van der Waals surface area contributed by atoms with E-state index in [1.54, 1.807) is 39.8 Å². The van der Waals surface area contributed by atoms with Crippen molar-refractivity contribution >= 4 is 45.1 Å².